The smallest absolute Gasteiger partial charge is 0.407 e. The average molecular weight is 282 g/mol. The number of rotatable bonds is 5. The molecule has 0 spiro atoms. The molecular weight excluding hydrogens is 263 g/mol. The highest BCUT2D eigenvalue weighted by atomic mass is 19.1. The number of carbonyl (C=O) groups is 1. The molecule has 0 radical (unpaired) electrons. The van der Waals surface area contributed by atoms with Crippen LogP contribution in [0.4, 0.5) is 15.1 Å². The summed E-state index contributed by atoms with van der Waals surface area (Å²) in [6.07, 6.45) is 5.27. The minimum Gasteiger partial charge on any atom is -0.444 e. The van der Waals surface area contributed by atoms with Gasteiger partial charge in [0.25, 0.3) is 0 Å². The third kappa shape index (κ3) is 7.30. The van der Waals surface area contributed by atoms with E-state index in [1.54, 1.807) is 32.9 Å². The largest absolute Gasteiger partial charge is 0.444 e. The SMILES string of the molecule is CC(C)(C)OC(=O)NC/C=C/CNc1ncc(F)cn1. The molecule has 1 aromatic heterocycles. The van der Waals surface area contributed by atoms with Crippen molar-refractivity contribution in [2.45, 2.75) is 26.4 Å². The van der Waals surface area contributed by atoms with Crippen molar-refractivity contribution in [1.82, 2.24) is 15.3 Å². The lowest BCUT2D eigenvalue weighted by atomic mass is 10.2. The van der Waals surface area contributed by atoms with E-state index < -0.39 is 17.5 Å². The number of hydrogen-bond donors (Lipinski definition) is 2. The monoisotopic (exact) mass is 282 g/mol. The second kappa shape index (κ2) is 7.42. The van der Waals surface area contributed by atoms with Crippen molar-refractivity contribution >= 4 is 12.0 Å². The normalized spacial score (nSPS) is 11.4. The van der Waals surface area contributed by atoms with Crippen LogP contribution in [0.2, 0.25) is 0 Å². The Bertz CT molecular complexity index is 454. The molecule has 0 saturated carbocycles. The highest BCUT2D eigenvalue weighted by Gasteiger charge is 2.14. The number of anilines is 1. The Balaban J connectivity index is 2.16. The van der Waals surface area contributed by atoms with Crippen LogP contribution in [0.25, 0.3) is 0 Å². The minimum absolute atomic E-state index is 0.344. The second-order valence-corrected chi connectivity index (χ2v) is 4.96. The van der Waals surface area contributed by atoms with Crippen LogP contribution in [0.3, 0.4) is 0 Å². The molecule has 0 fully saturated rings. The maximum Gasteiger partial charge on any atom is 0.407 e. The van der Waals surface area contributed by atoms with Gasteiger partial charge in [-0.25, -0.2) is 19.2 Å². The first-order valence-corrected chi connectivity index (χ1v) is 6.20. The predicted octanol–water partition coefficient (Wildman–Crippen LogP) is 2.11. The van der Waals surface area contributed by atoms with E-state index in [1.807, 2.05) is 0 Å². The van der Waals surface area contributed by atoms with Crippen LogP contribution in [0.5, 0.6) is 0 Å². The highest BCUT2D eigenvalue weighted by molar-refractivity contribution is 5.67. The summed E-state index contributed by atoms with van der Waals surface area (Å²) in [6, 6.07) is 0. The van der Waals surface area contributed by atoms with Crippen LogP contribution in [0, 0.1) is 5.82 Å². The van der Waals surface area contributed by atoms with Crippen LogP contribution >= 0.6 is 0 Å². The van der Waals surface area contributed by atoms with Crippen molar-refractivity contribution in [1.29, 1.82) is 0 Å². The van der Waals surface area contributed by atoms with Crippen LogP contribution in [-0.2, 0) is 4.74 Å². The Morgan fingerprint density at radius 1 is 1.30 bits per heavy atom. The predicted molar refractivity (Wildman–Crippen MR) is 73.9 cm³/mol. The number of ether oxygens (including phenoxy) is 1. The van der Waals surface area contributed by atoms with E-state index in [1.165, 1.54) is 0 Å². The Labute approximate surface area is 117 Å². The lowest BCUT2D eigenvalue weighted by Crippen LogP contribution is -2.32. The van der Waals surface area contributed by atoms with E-state index in [4.69, 9.17) is 4.74 Å². The van der Waals surface area contributed by atoms with Gasteiger partial charge in [-0.2, -0.15) is 0 Å². The van der Waals surface area contributed by atoms with Gasteiger partial charge in [-0.3, -0.25) is 0 Å². The van der Waals surface area contributed by atoms with Gasteiger partial charge >= 0.3 is 6.09 Å². The molecule has 0 bridgehead atoms. The maximum absolute atomic E-state index is 12.5. The van der Waals surface area contributed by atoms with E-state index in [-0.39, 0.29) is 0 Å². The Morgan fingerprint density at radius 3 is 2.50 bits per heavy atom. The molecule has 1 aromatic rings. The van der Waals surface area contributed by atoms with Gasteiger partial charge in [0.2, 0.25) is 5.95 Å². The van der Waals surface area contributed by atoms with Crippen molar-refractivity contribution in [3.8, 4) is 0 Å². The van der Waals surface area contributed by atoms with Gasteiger partial charge < -0.3 is 15.4 Å². The van der Waals surface area contributed by atoms with Crippen molar-refractivity contribution in [2.75, 3.05) is 18.4 Å². The summed E-state index contributed by atoms with van der Waals surface area (Å²) < 4.78 is 17.6. The van der Waals surface area contributed by atoms with E-state index in [9.17, 15) is 9.18 Å². The van der Waals surface area contributed by atoms with Crippen LogP contribution in [0.1, 0.15) is 20.8 Å². The third-order valence-electron chi connectivity index (χ3n) is 1.93. The molecule has 0 saturated heterocycles. The molecular formula is C13H19FN4O2. The Kier molecular flexibility index (Phi) is 5.89. The second-order valence-electron chi connectivity index (χ2n) is 4.96. The fraction of sp³-hybridized carbons (Fsp3) is 0.462. The first-order valence-electron chi connectivity index (χ1n) is 6.20. The Morgan fingerprint density at radius 2 is 1.90 bits per heavy atom. The van der Waals surface area contributed by atoms with Gasteiger partial charge in [0.1, 0.15) is 5.60 Å². The number of nitrogens with zero attached hydrogens (tertiary/aromatic N) is 2. The lowest BCUT2D eigenvalue weighted by molar-refractivity contribution is 0.0534. The van der Waals surface area contributed by atoms with Gasteiger partial charge in [-0.15, -0.1) is 0 Å². The van der Waals surface area contributed by atoms with E-state index in [2.05, 4.69) is 20.6 Å². The molecule has 110 valence electrons. The molecule has 7 heteroatoms. The fourth-order valence-electron chi connectivity index (χ4n) is 1.18. The standard InChI is InChI=1S/C13H19FN4O2/c1-13(2,3)20-12(19)16-7-5-4-6-15-11-17-8-10(14)9-18-11/h4-5,8-9H,6-7H2,1-3H3,(H,16,19)(H,15,17,18)/b5-4+. The molecule has 1 heterocycles. The quantitative estimate of drug-likeness (QED) is 0.809. The number of aromatic nitrogens is 2. The summed E-state index contributed by atoms with van der Waals surface area (Å²) in [5, 5.41) is 5.47. The number of carbonyl (C=O) groups excluding carboxylic acids is 1. The lowest BCUT2D eigenvalue weighted by Gasteiger charge is -2.19. The first kappa shape index (κ1) is 15.9. The zero-order chi connectivity index (χ0) is 15.0. The number of hydrogen-bond acceptors (Lipinski definition) is 5. The van der Waals surface area contributed by atoms with Crippen LogP contribution in [0.15, 0.2) is 24.5 Å². The minimum atomic E-state index is -0.505. The maximum atomic E-state index is 12.5. The summed E-state index contributed by atoms with van der Waals surface area (Å²) in [5.74, 6) is -0.135. The van der Waals surface area contributed by atoms with Crippen molar-refractivity contribution < 1.29 is 13.9 Å². The summed E-state index contributed by atoms with van der Waals surface area (Å²) in [5.41, 5.74) is -0.505. The Hall–Kier alpha value is -2.18. The summed E-state index contributed by atoms with van der Waals surface area (Å²) in [4.78, 5) is 18.8. The first-order chi connectivity index (χ1) is 9.37. The molecule has 0 unspecified atom stereocenters. The summed E-state index contributed by atoms with van der Waals surface area (Å²) in [7, 11) is 0. The van der Waals surface area contributed by atoms with E-state index in [0.717, 1.165) is 12.4 Å². The number of nitrogens with one attached hydrogen (secondary N) is 2. The van der Waals surface area contributed by atoms with Gasteiger partial charge in [0, 0.05) is 13.1 Å². The van der Waals surface area contributed by atoms with E-state index >= 15 is 0 Å². The molecule has 2 N–H and O–H groups in total. The van der Waals surface area contributed by atoms with Gasteiger partial charge in [0.05, 0.1) is 12.4 Å². The molecule has 0 aliphatic heterocycles. The van der Waals surface area contributed by atoms with Crippen molar-refractivity contribution in [2.24, 2.45) is 0 Å². The van der Waals surface area contributed by atoms with Gasteiger partial charge in [-0.1, -0.05) is 12.2 Å². The molecule has 1 amide bonds. The molecule has 0 atom stereocenters. The zero-order valence-electron chi connectivity index (χ0n) is 11.8. The number of alkyl carbamates (subject to hydrolysis) is 1. The third-order valence-corrected chi connectivity index (χ3v) is 1.93. The van der Waals surface area contributed by atoms with Crippen molar-refractivity contribution in [3.63, 3.8) is 0 Å². The molecule has 1 rings (SSSR count). The number of amides is 1. The molecule has 0 aromatic carbocycles. The molecule has 20 heavy (non-hydrogen) atoms. The highest BCUT2D eigenvalue weighted by Crippen LogP contribution is 2.06. The van der Waals surface area contributed by atoms with Crippen LogP contribution < -0.4 is 10.6 Å². The van der Waals surface area contributed by atoms with Crippen LogP contribution in [-0.4, -0.2) is 34.8 Å². The number of halogens is 1. The fourth-order valence-corrected chi connectivity index (χ4v) is 1.18. The van der Waals surface area contributed by atoms with Crippen molar-refractivity contribution in [3.05, 3.63) is 30.4 Å². The summed E-state index contributed by atoms with van der Waals surface area (Å²) >= 11 is 0. The van der Waals surface area contributed by atoms with Gasteiger partial charge in [-0.05, 0) is 20.8 Å². The molecule has 6 nitrogen and oxygen atoms in total. The average Bonchev–Trinajstić information content (AvgIpc) is 2.33. The molecule has 0 aliphatic carbocycles. The van der Waals surface area contributed by atoms with E-state index in [0.29, 0.717) is 19.0 Å². The summed E-state index contributed by atoms with van der Waals surface area (Å²) in [6.45, 7) is 6.24. The zero-order valence-corrected chi connectivity index (χ0v) is 11.8. The van der Waals surface area contributed by atoms with Gasteiger partial charge in [0.15, 0.2) is 5.82 Å². The molecule has 0 aliphatic rings. The topological polar surface area (TPSA) is 76.1 Å².